The summed E-state index contributed by atoms with van der Waals surface area (Å²) in [4.78, 5) is 0. The Morgan fingerprint density at radius 3 is 1.58 bits per heavy atom. The van der Waals surface area contributed by atoms with Crippen LogP contribution in [0.4, 0.5) is 13.2 Å². The number of rotatable bonds is 6. The summed E-state index contributed by atoms with van der Waals surface area (Å²) in [6, 6.07) is 19.9. The maximum Gasteiger partial charge on any atom is 0.388 e. The van der Waals surface area contributed by atoms with Gasteiger partial charge in [-0.05, 0) is 12.6 Å². The van der Waals surface area contributed by atoms with Crippen molar-refractivity contribution >= 4 is 25.8 Å². The molecular weight excluding hydrogens is 345 g/mol. The van der Waals surface area contributed by atoms with Crippen LogP contribution in [0.1, 0.15) is 6.42 Å². The van der Waals surface area contributed by atoms with E-state index in [-0.39, 0.29) is 6.04 Å². The number of alkyl halides is 3. The van der Waals surface area contributed by atoms with Gasteiger partial charge in [-0.2, -0.15) is 13.2 Å². The molecule has 0 amide bonds. The molecular formula is C18H23F3OSi2. The van der Waals surface area contributed by atoms with Gasteiger partial charge in [-0.25, -0.2) is 0 Å². The van der Waals surface area contributed by atoms with Gasteiger partial charge in [0.25, 0.3) is 0 Å². The quantitative estimate of drug-likeness (QED) is 0.697. The Labute approximate surface area is 143 Å². The smallest absolute Gasteiger partial charge is 0.388 e. The first-order chi connectivity index (χ1) is 11.2. The first kappa shape index (κ1) is 19.0. The molecule has 0 bridgehead atoms. The lowest BCUT2D eigenvalue weighted by molar-refractivity contribution is -0.131. The Kier molecular flexibility index (Phi) is 5.72. The highest BCUT2D eigenvalue weighted by atomic mass is 29.3. The highest BCUT2D eigenvalue weighted by molar-refractivity contribution is 7.49. The third kappa shape index (κ3) is 3.82. The van der Waals surface area contributed by atoms with E-state index in [9.17, 15) is 13.2 Å². The first-order valence-electron chi connectivity index (χ1n) is 7.96. The second kappa shape index (κ2) is 7.25. The van der Waals surface area contributed by atoms with Crippen LogP contribution in [0, 0.1) is 0 Å². The van der Waals surface area contributed by atoms with Crippen molar-refractivity contribution in [3.63, 3.8) is 0 Å². The van der Waals surface area contributed by atoms with E-state index < -0.39 is 28.0 Å². The number of benzene rings is 2. The van der Waals surface area contributed by atoms with Crippen molar-refractivity contribution in [1.29, 1.82) is 0 Å². The molecule has 0 radical (unpaired) electrons. The van der Waals surface area contributed by atoms with E-state index in [2.05, 4.69) is 6.55 Å². The zero-order valence-corrected chi connectivity index (χ0v) is 16.2. The SMILES string of the molecule is CO[Si](C)(CCC(F)(F)F)[Si](C)(c1ccccc1)c1ccccc1. The van der Waals surface area contributed by atoms with Gasteiger partial charge in [0.1, 0.15) is 7.59 Å². The van der Waals surface area contributed by atoms with E-state index in [4.69, 9.17) is 4.43 Å². The third-order valence-corrected chi connectivity index (χ3v) is 21.7. The fraction of sp³-hybridized carbons (Fsp3) is 0.333. The molecule has 0 aromatic heterocycles. The van der Waals surface area contributed by atoms with Crippen molar-refractivity contribution < 1.29 is 17.6 Å². The lowest BCUT2D eigenvalue weighted by Crippen LogP contribution is -2.74. The molecule has 0 aliphatic carbocycles. The molecule has 0 N–H and O–H groups in total. The van der Waals surface area contributed by atoms with Gasteiger partial charge in [-0.3, -0.25) is 0 Å². The Hall–Kier alpha value is -1.38. The Morgan fingerprint density at radius 1 is 0.833 bits per heavy atom. The zero-order valence-electron chi connectivity index (χ0n) is 14.2. The summed E-state index contributed by atoms with van der Waals surface area (Å²) in [5, 5.41) is 2.27. The Bertz CT molecular complexity index is 607. The van der Waals surface area contributed by atoms with Crippen molar-refractivity contribution in [2.45, 2.75) is 31.7 Å². The van der Waals surface area contributed by atoms with Gasteiger partial charge in [0.05, 0.1) is 0 Å². The molecule has 2 rings (SSSR count). The predicted molar refractivity (Wildman–Crippen MR) is 97.9 cm³/mol. The maximum atomic E-state index is 12.9. The minimum absolute atomic E-state index is 0.0828. The largest absolute Gasteiger partial charge is 0.422 e. The van der Waals surface area contributed by atoms with Gasteiger partial charge in [0.15, 0.2) is 7.83 Å². The molecule has 6 heteroatoms. The molecule has 0 saturated heterocycles. The maximum absolute atomic E-state index is 12.9. The average Bonchev–Trinajstić information content (AvgIpc) is 2.59. The van der Waals surface area contributed by atoms with Crippen molar-refractivity contribution in [2.75, 3.05) is 7.11 Å². The Morgan fingerprint density at radius 2 is 1.25 bits per heavy atom. The summed E-state index contributed by atoms with van der Waals surface area (Å²) in [5.41, 5.74) is 0. The van der Waals surface area contributed by atoms with Crippen molar-refractivity contribution in [3.8, 4) is 0 Å². The van der Waals surface area contributed by atoms with Crippen LogP contribution in [-0.2, 0) is 4.43 Å². The van der Waals surface area contributed by atoms with Crippen LogP contribution in [-0.4, -0.2) is 28.7 Å². The molecule has 0 heterocycles. The predicted octanol–water partition coefficient (Wildman–Crippen LogP) is 4.13. The van der Waals surface area contributed by atoms with Crippen LogP contribution >= 0.6 is 0 Å². The summed E-state index contributed by atoms with van der Waals surface area (Å²) in [6.45, 7) is 4.12. The monoisotopic (exact) mass is 368 g/mol. The minimum atomic E-state index is -4.16. The molecule has 130 valence electrons. The highest BCUT2D eigenvalue weighted by Gasteiger charge is 2.53. The van der Waals surface area contributed by atoms with Crippen LogP contribution in [0.25, 0.3) is 0 Å². The van der Waals surface area contributed by atoms with Gasteiger partial charge in [-0.1, -0.05) is 77.6 Å². The van der Waals surface area contributed by atoms with Crippen LogP contribution in [0.5, 0.6) is 0 Å². The molecule has 1 nitrogen and oxygen atoms in total. The zero-order chi connectivity index (χ0) is 17.8. The van der Waals surface area contributed by atoms with E-state index >= 15 is 0 Å². The molecule has 0 aliphatic heterocycles. The summed E-state index contributed by atoms with van der Waals surface area (Å²) in [5.74, 6) is 0. The fourth-order valence-corrected chi connectivity index (χ4v) is 16.2. The van der Waals surface area contributed by atoms with E-state index in [0.717, 1.165) is 10.4 Å². The molecule has 24 heavy (non-hydrogen) atoms. The molecule has 0 saturated carbocycles. The standard InChI is InChI=1S/C18H23F3OSi2/c1-22-23(2,15-14-18(19,20)21)24(3,16-10-6-4-7-11-16)17-12-8-5-9-13-17/h4-13H,14-15H2,1-3H3. The lowest BCUT2D eigenvalue weighted by atomic mass is 10.4. The van der Waals surface area contributed by atoms with E-state index in [1.807, 2.05) is 67.2 Å². The topological polar surface area (TPSA) is 9.23 Å². The van der Waals surface area contributed by atoms with E-state index in [1.54, 1.807) is 7.11 Å². The molecule has 0 aliphatic rings. The second-order valence-electron chi connectivity index (χ2n) is 6.41. The van der Waals surface area contributed by atoms with Crippen LogP contribution < -0.4 is 10.4 Å². The van der Waals surface area contributed by atoms with Gasteiger partial charge in [0, 0.05) is 13.5 Å². The molecule has 2 aromatic carbocycles. The lowest BCUT2D eigenvalue weighted by Gasteiger charge is -2.43. The highest BCUT2D eigenvalue weighted by Crippen LogP contribution is 2.31. The molecule has 0 fully saturated rings. The molecule has 0 spiro atoms. The minimum Gasteiger partial charge on any atom is -0.422 e. The van der Waals surface area contributed by atoms with Gasteiger partial charge in [0.2, 0.25) is 0 Å². The van der Waals surface area contributed by atoms with E-state index in [1.165, 1.54) is 0 Å². The van der Waals surface area contributed by atoms with Gasteiger partial charge >= 0.3 is 6.18 Å². The molecule has 1 atom stereocenters. The summed E-state index contributed by atoms with van der Waals surface area (Å²) in [6.07, 6.45) is -4.94. The van der Waals surface area contributed by atoms with Gasteiger partial charge in [-0.15, -0.1) is 0 Å². The van der Waals surface area contributed by atoms with Crippen molar-refractivity contribution in [3.05, 3.63) is 60.7 Å². The normalized spacial score (nSPS) is 15.1. The first-order valence-corrected chi connectivity index (χ1v) is 14.1. The third-order valence-electron chi connectivity index (χ3n) is 5.10. The van der Waals surface area contributed by atoms with Crippen LogP contribution in [0.2, 0.25) is 19.1 Å². The number of hydrogen-bond donors (Lipinski definition) is 0. The van der Waals surface area contributed by atoms with Gasteiger partial charge < -0.3 is 4.43 Å². The number of halogens is 3. The van der Waals surface area contributed by atoms with Crippen molar-refractivity contribution in [1.82, 2.24) is 0 Å². The second-order valence-corrected chi connectivity index (χ2v) is 19.4. The van der Waals surface area contributed by atoms with E-state index in [0.29, 0.717) is 0 Å². The average molecular weight is 369 g/mol. The Balaban J connectivity index is 2.56. The summed E-state index contributed by atoms with van der Waals surface area (Å²) in [7, 11) is -3.50. The summed E-state index contributed by atoms with van der Waals surface area (Å²) < 4.78 is 44.6. The molecule has 2 aromatic rings. The molecule has 1 unspecified atom stereocenters. The summed E-state index contributed by atoms with van der Waals surface area (Å²) >= 11 is 0. The van der Waals surface area contributed by atoms with Crippen LogP contribution in [0.15, 0.2) is 60.7 Å². The number of hydrogen-bond acceptors (Lipinski definition) is 1. The van der Waals surface area contributed by atoms with Crippen molar-refractivity contribution in [2.24, 2.45) is 0 Å². The van der Waals surface area contributed by atoms with Crippen LogP contribution in [0.3, 0.4) is 0 Å². The fourth-order valence-electron chi connectivity index (χ4n) is 3.26.